The minimum absolute atomic E-state index is 0.0608. The van der Waals surface area contributed by atoms with E-state index < -0.39 is 0 Å². The highest BCUT2D eigenvalue weighted by Crippen LogP contribution is 2.16. The number of amides is 2. The van der Waals surface area contributed by atoms with Crippen molar-refractivity contribution in [3.63, 3.8) is 0 Å². The lowest BCUT2D eigenvalue weighted by molar-refractivity contribution is -0.136. The first kappa shape index (κ1) is 18.4. The van der Waals surface area contributed by atoms with Crippen molar-refractivity contribution in [2.24, 2.45) is 7.05 Å². The summed E-state index contributed by atoms with van der Waals surface area (Å²) in [5.41, 5.74) is 1.06. The van der Waals surface area contributed by atoms with Crippen LogP contribution in [0.5, 0.6) is 0 Å². The predicted molar refractivity (Wildman–Crippen MR) is 92.3 cm³/mol. The van der Waals surface area contributed by atoms with Gasteiger partial charge in [-0.15, -0.1) is 0 Å². The Bertz CT molecular complexity index is 555. The molecule has 0 radical (unpaired) electrons. The summed E-state index contributed by atoms with van der Waals surface area (Å²) in [6.45, 7) is 1.34. The highest BCUT2D eigenvalue weighted by atomic mass is 16.2. The molecule has 0 aliphatic carbocycles. The molecule has 0 aromatic carbocycles. The average Bonchev–Trinajstić information content (AvgIpc) is 2.93. The lowest BCUT2D eigenvalue weighted by atomic mass is 10.1. The van der Waals surface area contributed by atoms with Gasteiger partial charge < -0.3 is 15.1 Å². The molecule has 7 nitrogen and oxygen atoms in total. The topological polar surface area (TPSA) is 70.5 Å². The number of rotatable bonds is 6. The Kier molecular flexibility index (Phi) is 6.78. The van der Waals surface area contributed by atoms with Gasteiger partial charge in [0.2, 0.25) is 11.8 Å². The third-order valence-corrected chi connectivity index (χ3v) is 4.48. The van der Waals surface area contributed by atoms with E-state index in [2.05, 4.69) is 15.3 Å². The molecule has 2 heterocycles. The monoisotopic (exact) mass is 335 g/mol. The van der Waals surface area contributed by atoms with Gasteiger partial charge >= 0.3 is 0 Å². The first-order chi connectivity index (χ1) is 11.5. The van der Waals surface area contributed by atoms with E-state index in [1.807, 2.05) is 33.5 Å². The number of likely N-dealkylation sites (N-methyl/N-ethyl adjacent to an activating group) is 1. The quantitative estimate of drug-likeness (QED) is 0.840. The fourth-order valence-electron chi connectivity index (χ4n) is 3.03. The van der Waals surface area contributed by atoms with Crippen molar-refractivity contribution < 1.29 is 9.59 Å². The number of hydrogen-bond acceptors (Lipinski definition) is 4. The number of carbonyl (C=O) groups excluding carboxylic acids is 2. The van der Waals surface area contributed by atoms with Crippen molar-refractivity contribution in [3.05, 3.63) is 18.0 Å². The van der Waals surface area contributed by atoms with Gasteiger partial charge in [0.15, 0.2) is 0 Å². The van der Waals surface area contributed by atoms with Gasteiger partial charge in [0, 0.05) is 38.3 Å². The molecule has 0 spiro atoms. The number of likely N-dealkylation sites (tertiary alicyclic amines) is 1. The van der Waals surface area contributed by atoms with Crippen LogP contribution in [0.25, 0.3) is 0 Å². The summed E-state index contributed by atoms with van der Waals surface area (Å²) in [4.78, 5) is 28.1. The third kappa shape index (κ3) is 5.33. The Hall–Kier alpha value is -1.89. The molecular weight excluding hydrogens is 306 g/mol. The minimum atomic E-state index is -0.0975. The van der Waals surface area contributed by atoms with Crippen LogP contribution in [-0.2, 0) is 16.6 Å². The van der Waals surface area contributed by atoms with Crippen LogP contribution in [0.1, 0.15) is 43.7 Å². The number of aromatic nitrogens is 2. The zero-order chi connectivity index (χ0) is 17.5. The standard InChI is InChI=1S/C17H29N5O2/c1-20(2)15(14-10-19-21(3)12-14)11-18-16(23)13-22-9-7-5-4-6-8-17(22)24/h10,12,15H,4-9,11,13H2,1-3H3,(H,18,23). The lowest BCUT2D eigenvalue weighted by Crippen LogP contribution is -2.43. The lowest BCUT2D eigenvalue weighted by Gasteiger charge is -2.26. The first-order valence-corrected chi connectivity index (χ1v) is 8.67. The van der Waals surface area contributed by atoms with Gasteiger partial charge in [0.1, 0.15) is 0 Å². The maximum absolute atomic E-state index is 12.3. The van der Waals surface area contributed by atoms with E-state index in [4.69, 9.17) is 0 Å². The molecule has 1 saturated heterocycles. The Balaban J connectivity index is 1.87. The van der Waals surface area contributed by atoms with Crippen LogP contribution in [0.3, 0.4) is 0 Å². The molecule has 1 aromatic heterocycles. The van der Waals surface area contributed by atoms with Crippen LogP contribution in [0.2, 0.25) is 0 Å². The molecule has 1 aliphatic rings. The number of aryl methyl sites for hydroxylation is 1. The van der Waals surface area contributed by atoms with Gasteiger partial charge in [-0.3, -0.25) is 14.3 Å². The molecule has 1 unspecified atom stereocenters. The average molecular weight is 335 g/mol. The molecule has 1 N–H and O–H groups in total. The second kappa shape index (κ2) is 8.82. The summed E-state index contributed by atoms with van der Waals surface area (Å²) < 4.78 is 1.76. The Morgan fingerprint density at radius 1 is 1.33 bits per heavy atom. The number of nitrogens with zero attached hydrogens (tertiary/aromatic N) is 4. The number of hydrogen-bond donors (Lipinski definition) is 1. The summed E-state index contributed by atoms with van der Waals surface area (Å²) in [5, 5.41) is 7.16. The van der Waals surface area contributed by atoms with Crippen LogP contribution in [0, 0.1) is 0 Å². The van der Waals surface area contributed by atoms with Gasteiger partial charge in [-0.1, -0.05) is 12.8 Å². The van der Waals surface area contributed by atoms with E-state index in [1.165, 1.54) is 0 Å². The maximum Gasteiger partial charge on any atom is 0.239 e. The highest BCUT2D eigenvalue weighted by molar-refractivity contribution is 5.84. The van der Waals surface area contributed by atoms with E-state index in [0.29, 0.717) is 19.5 Å². The Morgan fingerprint density at radius 3 is 2.75 bits per heavy atom. The molecule has 0 bridgehead atoms. The van der Waals surface area contributed by atoms with E-state index in [-0.39, 0.29) is 24.4 Å². The molecule has 1 fully saturated rings. The van der Waals surface area contributed by atoms with Crippen LogP contribution in [0.4, 0.5) is 0 Å². The summed E-state index contributed by atoms with van der Waals surface area (Å²) in [5.74, 6) is 0.000864. The van der Waals surface area contributed by atoms with Crippen LogP contribution in [-0.4, -0.2) is 65.1 Å². The highest BCUT2D eigenvalue weighted by Gasteiger charge is 2.20. The van der Waals surface area contributed by atoms with Crippen LogP contribution < -0.4 is 5.32 Å². The molecule has 2 amide bonds. The third-order valence-electron chi connectivity index (χ3n) is 4.48. The normalized spacial score (nSPS) is 17.5. The van der Waals surface area contributed by atoms with E-state index in [0.717, 1.165) is 31.2 Å². The van der Waals surface area contributed by atoms with Crippen molar-refractivity contribution in [2.45, 2.75) is 38.1 Å². The maximum atomic E-state index is 12.3. The molecule has 7 heteroatoms. The van der Waals surface area contributed by atoms with Gasteiger partial charge in [-0.25, -0.2) is 0 Å². The molecule has 2 rings (SSSR count). The van der Waals surface area contributed by atoms with Gasteiger partial charge in [-0.2, -0.15) is 5.10 Å². The number of carbonyl (C=O) groups is 2. The smallest absolute Gasteiger partial charge is 0.239 e. The van der Waals surface area contributed by atoms with Crippen molar-refractivity contribution in [2.75, 3.05) is 33.7 Å². The molecule has 1 atom stereocenters. The molecule has 1 aliphatic heterocycles. The van der Waals surface area contributed by atoms with Crippen molar-refractivity contribution >= 4 is 11.8 Å². The summed E-state index contributed by atoms with van der Waals surface area (Å²) in [6, 6.07) is 0.0608. The van der Waals surface area contributed by atoms with Crippen molar-refractivity contribution in [3.8, 4) is 0 Å². The molecule has 1 aromatic rings. The molecule has 24 heavy (non-hydrogen) atoms. The zero-order valence-electron chi connectivity index (χ0n) is 15.0. The van der Waals surface area contributed by atoms with E-state index >= 15 is 0 Å². The SMILES string of the molecule is CN(C)C(CNC(=O)CN1CCCCCCC1=O)c1cnn(C)c1. The largest absolute Gasteiger partial charge is 0.353 e. The molecular formula is C17H29N5O2. The minimum Gasteiger partial charge on any atom is -0.353 e. The zero-order valence-corrected chi connectivity index (χ0v) is 15.0. The van der Waals surface area contributed by atoms with E-state index in [1.54, 1.807) is 9.58 Å². The van der Waals surface area contributed by atoms with Crippen LogP contribution >= 0.6 is 0 Å². The Labute approximate surface area is 144 Å². The van der Waals surface area contributed by atoms with E-state index in [9.17, 15) is 9.59 Å². The second-order valence-corrected chi connectivity index (χ2v) is 6.71. The summed E-state index contributed by atoms with van der Waals surface area (Å²) in [6.07, 6.45) is 8.49. The van der Waals surface area contributed by atoms with Crippen molar-refractivity contribution in [1.29, 1.82) is 0 Å². The van der Waals surface area contributed by atoms with Gasteiger partial charge in [0.25, 0.3) is 0 Å². The predicted octanol–water partition coefficient (Wildman–Crippen LogP) is 0.932. The summed E-state index contributed by atoms with van der Waals surface area (Å²) >= 11 is 0. The summed E-state index contributed by atoms with van der Waals surface area (Å²) in [7, 11) is 5.83. The van der Waals surface area contributed by atoms with Crippen molar-refractivity contribution in [1.82, 2.24) is 24.9 Å². The first-order valence-electron chi connectivity index (χ1n) is 8.67. The fraction of sp³-hybridized carbons (Fsp3) is 0.706. The second-order valence-electron chi connectivity index (χ2n) is 6.71. The van der Waals surface area contributed by atoms with Gasteiger partial charge in [-0.05, 0) is 26.9 Å². The van der Waals surface area contributed by atoms with Gasteiger partial charge in [0.05, 0.1) is 18.8 Å². The fourth-order valence-corrected chi connectivity index (χ4v) is 3.03. The van der Waals surface area contributed by atoms with Crippen LogP contribution in [0.15, 0.2) is 12.4 Å². The Morgan fingerprint density at radius 2 is 2.08 bits per heavy atom. The molecule has 134 valence electrons. The molecule has 0 saturated carbocycles. The number of nitrogens with one attached hydrogen (secondary N) is 1.